The molecule has 2 aromatic carbocycles. The minimum atomic E-state index is -4.45. The third-order valence-electron chi connectivity index (χ3n) is 7.86. The summed E-state index contributed by atoms with van der Waals surface area (Å²) in [6, 6.07) is 11.6. The topological polar surface area (TPSA) is 125 Å². The molecule has 1 heterocycles. The number of hydrogen-bond donors (Lipinski definition) is 2. The maximum atomic E-state index is 14.2. The molecule has 0 spiro atoms. The maximum Gasteiger partial charge on any atom is 0.389 e. The lowest BCUT2D eigenvalue weighted by Gasteiger charge is -2.36. The number of benzene rings is 2. The summed E-state index contributed by atoms with van der Waals surface area (Å²) in [5.41, 5.74) is 0.222. The van der Waals surface area contributed by atoms with Gasteiger partial charge in [0.15, 0.2) is 0 Å². The number of aliphatic hydroxyl groups is 1. The van der Waals surface area contributed by atoms with E-state index in [4.69, 9.17) is 9.47 Å². The number of fused-ring (bicyclic) bond motifs is 1. The molecular weight excluding hydrogens is 627 g/mol. The molecule has 10 nitrogen and oxygen atoms in total. The van der Waals surface area contributed by atoms with E-state index in [1.807, 2.05) is 6.92 Å². The van der Waals surface area contributed by atoms with Crippen molar-refractivity contribution >= 4 is 27.5 Å². The van der Waals surface area contributed by atoms with Crippen LogP contribution < -0.4 is 9.46 Å². The highest BCUT2D eigenvalue weighted by Gasteiger charge is 2.32. The number of aliphatic hydroxyl groups excluding tert-OH is 1. The van der Waals surface area contributed by atoms with Crippen LogP contribution in [0.3, 0.4) is 0 Å². The summed E-state index contributed by atoms with van der Waals surface area (Å²) in [5.74, 6) is -1.36. The fourth-order valence-electron chi connectivity index (χ4n) is 5.07. The predicted molar refractivity (Wildman–Crippen MR) is 167 cm³/mol. The lowest BCUT2D eigenvalue weighted by Crippen LogP contribution is -2.48. The number of ether oxygens (including phenoxy) is 2. The van der Waals surface area contributed by atoms with E-state index in [-0.39, 0.29) is 47.7 Å². The van der Waals surface area contributed by atoms with Crippen molar-refractivity contribution in [2.24, 2.45) is 5.92 Å². The van der Waals surface area contributed by atoms with Crippen LogP contribution >= 0.6 is 0 Å². The number of rotatable bonds is 9. The van der Waals surface area contributed by atoms with E-state index in [2.05, 4.69) is 4.72 Å². The molecule has 256 valence electrons. The Morgan fingerprint density at radius 1 is 1.15 bits per heavy atom. The van der Waals surface area contributed by atoms with Crippen molar-refractivity contribution in [3.63, 3.8) is 0 Å². The van der Waals surface area contributed by atoms with Crippen molar-refractivity contribution in [2.45, 2.75) is 82.2 Å². The number of alkyl halides is 3. The number of amides is 2. The van der Waals surface area contributed by atoms with E-state index < -0.39 is 58.9 Å². The third kappa shape index (κ3) is 10.9. The normalized spacial score (nSPS) is 21.0. The first-order valence-electron chi connectivity index (χ1n) is 15.3. The quantitative estimate of drug-likeness (QED) is 0.381. The molecule has 0 saturated carbocycles. The van der Waals surface area contributed by atoms with Gasteiger partial charge in [0.05, 0.1) is 41.7 Å². The molecule has 0 bridgehead atoms. The molecule has 1 aliphatic heterocycles. The zero-order valence-electron chi connectivity index (χ0n) is 26.6. The monoisotopic (exact) mass is 671 g/mol. The summed E-state index contributed by atoms with van der Waals surface area (Å²) < 4.78 is 79.1. The fourth-order valence-corrected chi connectivity index (χ4v) is 6.14. The lowest BCUT2D eigenvalue weighted by atomic mass is 10.0. The van der Waals surface area contributed by atoms with Crippen molar-refractivity contribution in [2.75, 3.05) is 38.1 Å². The molecule has 2 aromatic rings. The molecule has 2 amide bonds. The zero-order valence-corrected chi connectivity index (χ0v) is 27.4. The molecule has 4 atom stereocenters. The molecule has 46 heavy (non-hydrogen) atoms. The van der Waals surface area contributed by atoms with Crippen LogP contribution in [-0.2, 0) is 19.6 Å². The molecular formula is C32H44F3N3O7S. The Morgan fingerprint density at radius 3 is 2.50 bits per heavy atom. The highest BCUT2D eigenvalue weighted by Crippen LogP contribution is 2.30. The Kier molecular flexibility index (Phi) is 13.3. The summed E-state index contributed by atoms with van der Waals surface area (Å²) in [5, 5.41) is 10.1. The molecule has 1 aliphatic rings. The number of anilines is 1. The van der Waals surface area contributed by atoms with Gasteiger partial charge >= 0.3 is 6.18 Å². The van der Waals surface area contributed by atoms with Gasteiger partial charge in [-0.05, 0) is 63.4 Å². The number of halogens is 3. The van der Waals surface area contributed by atoms with Crippen LogP contribution in [-0.4, -0.2) is 92.9 Å². The Morgan fingerprint density at radius 2 is 1.85 bits per heavy atom. The average molecular weight is 672 g/mol. The number of hydrogen-bond acceptors (Lipinski definition) is 7. The number of carbonyl (C=O) groups excluding carboxylic acids is 2. The number of likely N-dealkylation sites (N-methyl/N-ethyl adjacent to an activating group) is 1. The largest absolute Gasteiger partial charge is 0.490 e. The van der Waals surface area contributed by atoms with Gasteiger partial charge in [0.25, 0.3) is 15.9 Å². The van der Waals surface area contributed by atoms with Crippen LogP contribution in [0.5, 0.6) is 5.75 Å². The smallest absolute Gasteiger partial charge is 0.389 e. The zero-order chi connectivity index (χ0) is 34.1. The van der Waals surface area contributed by atoms with Gasteiger partial charge in [-0.15, -0.1) is 0 Å². The number of sulfonamides is 1. The molecule has 2 N–H and O–H groups in total. The number of carbonyl (C=O) groups is 2. The molecule has 0 radical (unpaired) electrons. The van der Waals surface area contributed by atoms with Crippen molar-refractivity contribution < 1.29 is 45.8 Å². The molecule has 0 fully saturated rings. The second-order valence-electron chi connectivity index (χ2n) is 11.8. The highest BCUT2D eigenvalue weighted by molar-refractivity contribution is 7.92. The van der Waals surface area contributed by atoms with E-state index >= 15 is 0 Å². The summed E-state index contributed by atoms with van der Waals surface area (Å²) in [4.78, 5) is 29.4. The fraction of sp³-hybridized carbons (Fsp3) is 0.562. The van der Waals surface area contributed by atoms with Crippen LogP contribution in [0.1, 0.15) is 63.2 Å². The molecule has 3 rings (SSSR count). The van der Waals surface area contributed by atoms with E-state index in [0.29, 0.717) is 25.9 Å². The first-order valence-corrected chi connectivity index (χ1v) is 16.8. The van der Waals surface area contributed by atoms with Crippen molar-refractivity contribution in [3.8, 4) is 5.75 Å². The van der Waals surface area contributed by atoms with Gasteiger partial charge in [-0.25, -0.2) is 8.42 Å². The van der Waals surface area contributed by atoms with Crippen molar-refractivity contribution in [1.82, 2.24) is 9.80 Å². The van der Waals surface area contributed by atoms with E-state index in [1.165, 1.54) is 47.2 Å². The van der Waals surface area contributed by atoms with Crippen LogP contribution in [0.4, 0.5) is 18.9 Å². The Hall–Kier alpha value is -3.36. The van der Waals surface area contributed by atoms with E-state index in [1.54, 1.807) is 32.0 Å². The molecule has 14 heteroatoms. The number of nitrogens with one attached hydrogen (secondary N) is 1. The minimum absolute atomic E-state index is 0.00884. The van der Waals surface area contributed by atoms with Crippen LogP contribution in [0.2, 0.25) is 0 Å². The Labute approximate surface area is 268 Å². The molecule has 0 saturated heterocycles. The van der Waals surface area contributed by atoms with E-state index in [9.17, 15) is 36.3 Å². The van der Waals surface area contributed by atoms with Gasteiger partial charge in [-0.3, -0.25) is 14.3 Å². The first kappa shape index (κ1) is 37.1. The van der Waals surface area contributed by atoms with Crippen LogP contribution in [0.25, 0.3) is 0 Å². The highest BCUT2D eigenvalue weighted by atomic mass is 32.2. The summed E-state index contributed by atoms with van der Waals surface area (Å²) in [7, 11) is -2.54. The second-order valence-corrected chi connectivity index (χ2v) is 13.5. The van der Waals surface area contributed by atoms with Gasteiger partial charge in [0.1, 0.15) is 5.75 Å². The molecule has 0 unspecified atom stereocenters. The average Bonchev–Trinajstić information content (AvgIpc) is 3.01. The maximum absolute atomic E-state index is 14.2. The van der Waals surface area contributed by atoms with Crippen LogP contribution in [0, 0.1) is 5.92 Å². The predicted octanol–water partition coefficient (Wildman–Crippen LogP) is 5.08. The Balaban J connectivity index is 1.95. The molecule has 0 aromatic heterocycles. The SMILES string of the molecule is C[C@H](CO)N1C[C@H](C)[C@H](CN(C)C(=O)CCC(F)(F)F)OCCCC[C@H](C)Oc2ccc(NS(=O)(=O)c3ccccc3)cc2C1=O. The standard InChI is InChI=1S/C32H44F3N3O7S/c1-22-19-38(23(2)21-39)31(41)27-18-25(36-46(42,43)26-11-6-5-7-12-26)13-14-28(27)45-24(3)10-8-9-17-44-29(22)20-37(4)30(40)15-16-32(33,34)35/h5-7,11-14,18,22-24,29,36,39H,8-10,15-17,19-21H2,1-4H3/t22-,23+,24-,29-/m0/s1. The van der Waals surface area contributed by atoms with Gasteiger partial charge < -0.3 is 24.4 Å². The Bertz CT molecular complexity index is 1410. The summed E-state index contributed by atoms with van der Waals surface area (Å²) in [6.45, 7) is 5.33. The second kappa shape index (κ2) is 16.5. The van der Waals surface area contributed by atoms with Gasteiger partial charge in [-0.1, -0.05) is 25.1 Å². The van der Waals surface area contributed by atoms with Gasteiger partial charge in [0.2, 0.25) is 5.91 Å². The minimum Gasteiger partial charge on any atom is -0.490 e. The van der Waals surface area contributed by atoms with Crippen LogP contribution in [0.15, 0.2) is 53.4 Å². The third-order valence-corrected chi connectivity index (χ3v) is 9.26. The van der Waals surface area contributed by atoms with Gasteiger partial charge in [0, 0.05) is 44.8 Å². The lowest BCUT2D eigenvalue weighted by molar-refractivity contribution is -0.149. The number of nitrogens with zero attached hydrogens (tertiary/aromatic N) is 2. The molecule has 0 aliphatic carbocycles. The first-order chi connectivity index (χ1) is 21.6. The van der Waals surface area contributed by atoms with E-state index in [0.717, 1.165) is 0 Å². The van der Waals surface area contributed by atoms with Crippen molar-refractivity contribution in [1.29, 1.82) is 0 Å². The van der Waals surface area contributed by atoms with Crippen molar-refractivity contribution in [3.05, 3.63) is 54.1 Å². The summed E-state index contributed by atoms with van der Waals surface area (Å²) in [6.07, 6.45) is -5.30. The summed E-state index contributed by atoms with van der Waals surface area (Å²) >= 11 is 0. The van der Waals surface area contributed by atoms with Gasteiger partial charge in [-0.2, -0.15) is 13.2 Å².